The Kier molecular flexibility index (Phi) is 5.71. The molecule has 1 heterocycles. The molecule has 1 saturated heterocycles. The Balaban J connectivity index is 1.90. The molecule has 26 heavy (non-hydrogen) atoms. The first kappa shape index (κ1) is 19.0. The molecule has 4 N–H and O–H groups in total. The topological polar surface area (TPSA) is 94.1 Å². The highest BCUT2D eigenvalue weighted by Gasteiger charge is 2.53. The van der Waals surface area contributed by atoms with Crippen molar-refractivity contribution in [1.82, 2.24) is 10.6 Å². The molecule has 0 bridgehead atoms. The number of fused-ring (bicyclic) bond motifs is 1. The van der Waals surface area contributed by atoms with Crippen LogP contribution in [0.3, 0.4) is 0 Å². The first-order chi connectivity index (χ1) is 12.4. The van der Waals surface area contributed by atoms with Crippen molar-refractivity contribution in [2.24, 2.45) is 5.92 Å². The molecule has 5 atom stereocenters. The summed E-state index contributed by atoms with van der Waals surface area (Å²) in [4.78, 5) is 14.4. The van der Waals surface area contributed by atoms with E-state index in [1.165, 1.54) is 12.1 Å². The molecule has 142 valence electrons. The molecule has 0 radical (unpaired) electrons. The number of nitrogens with one attached hydrogen (secondary N) is 2. The van der Waals surface area contributed by atoms with Gasteiger partial charge in [-0.25, -0.2) is 4.39 Å². The Labute approximate surface area is 156 Å². The molecular formula is C17H22FN3O4S. The number of methoxy groups -OCH3 is 1. The van der Waals surface area contributed by atoms with E-state index in [9.17, 15) is 19.4 Å². The van der Waals surface area contributed by atoms with Crippen LogP contribution in [-0.4, -0.2) is 65.8 Å². The highest BCUT2D eigenvalue weighted by Crippen LogP contribution is 2.36. The third-order valence-electron chi connectivity index (χ3n) is 4.89. The second-order valence-electron chi connectivity index (χ2n) is 6.50. The zero-order chi connectivity index (χ0) is 18.8. The molecule has 1 aliphatic carbocycles. The van der Waals surface area contributed by atoms with Crippen molar-refractivity contribution in [3.63, 3.8) is 0 Å². The summed E-state index contributed by atoms with van der Waals surface area (Å²) < 4.78 is 18.2. The summed E-state index contributed by atoms with van der Waals surface area (Å²) in [7, 11) is 1.54. The van der Waals surface area contributed by atoms with Crippen LogP contribution in [0.5, 0.6) is 0 Å². The van der Waals surface area contributed by atoms with Gasteiger partial charge in [0.2, 0.25) is 5.91 Å². The summed E-state index contributed by atoms with van der Waals surface area (Å²) in [6, 6.07) is 4.68. The van der Waals surface area contributed by atoms with Crippen molar-refractivity contribution in [2.75, 3.05) is 25.2 Å². The number of amides is 1. The number of ether oxygens (including phenoxy) is 1. The Hall–Kier alpha value is -1.81. The van der Waals surface area contributed by atoms with Crippen LogP contribution in [0.4, 0.5) is 10.1 Å². The lowest BCUT2D eigenvalue weighted by molar-refractivity contribution is -0.131. The Morgan fingerprint density at radius 2 is 2.12 bits per heavy atom. The molecule has 2 fully saturated rings. The van der Waals surface area contributed by atoms with Gasteiger partial charge in [0, 0.05) is 19.3 Å². The molecule has 1 amide bonds. The van der Waals surface area contributed by atoms with E-state index in [2.05, 4.69) is 10.6 Å². The van der Waals surface area contributed by atoms with Gasteiger partial charge in [-0.3, -0.25) is 4.79 Å². The normalized spacial score (nSPS) is 30.7. The monoisotopic (exact) mass is 383 g/mol. The number of anilines is 1. The molecule has 0 unspecified atom stereocenters. The Morgan fingerprint density at radius 3 is 2.77 bits per heavy atom. The lowest BCUT2D eigenvalue weighted by Crippen LogP contribution is -2.61. The minimum Gasteiger partial charge on any atom is -0.390 e. The number of benzene rings is 1. The number of hydrogen-bond donors (Lipinski definition) is 4. The van der Waals surface area contributed by atoms with Gasteiger partial charge >= 0.3 is 0 Å². The number of halogens is 1. The van der Waals surface area contributed by atoms with E-state index in [1.54, 1.807) is 24.1 Å². The molecule has 7 nitrogen and oxygen atoms in total. The smallest absolute Gasteiger partial charge is 0.225 e. The molecule has 1 aromatic carbocycles. The number of thiocarbonyl (C=S) groups is 1. The zero-order valence-electron chi connectivity index (χ0n) is 14.3. The molecule has 1 aliphatic heterocycles. The first-order valence-corrected chi connectivity index (χ1v) is 8.83. The zero-order valence-corrected chi connectivity index (χ0v) is 15.1. The number of carbonyl (C=O) groups excluding carboxylic acids is 1. The van der Waals surface area contributed by atoms with E-state index in [0.29, 0.717) is 24.0 Å². The number of nitrogens with zero attached hydrogens (tertiary/aromatic N) is 1. The van der Waals surface area contributed by atoms with Gasteiger partial charge in [-0.2, -0.15) is 0 Å². The highest BCUT2D eigenvalue weighted by molar-refractivity contribution is 7.80. The maximum atomic E-state index is 13.3. The predicted octanol–water partition coefficient (Wildman–Crippen LogP) is -0.238. The maximum absolute atomic E-state index is 13.3. The van der Waals surface area contributed by atoms with Gasteiger partial charge in [0.1, 0.15) is 11.9 Å². The lowest BCUT2D eigenvalue weighted by atomic mass is 9.77. The summed E-state index contributed by atoms with van der Waals surface area (Å²) in [6.45, 7) is 0.715. The first-order valence-electron chi connectivity index (χ1n) is 8.42. The van der Waals surface area contributed by atoms with Gasteiger partial charge in [-0.15, -0.1) is 0 Å². The highest BCUT2D eigenvalue weighted by atomic mass is 32.1. The minimum atomic E-state index is -1.06. The molecule has 2 aliphatic rings. The number of aliphatic hydroxyl groups is 2. The number of aliphatic hydroxyl groups excluding tert-OH is 2. The molecule has 3 rings (SSSR count). The van der Waals surface area contributed by atoms with Crippen molar-refractivity contribution >= 4 is 28.9 Å². The van der Waals surface area contributed by atoms with Crippen molar-refractivity contribution < 1.29 is 24.1 Å². The van der Waals surface area contributed by atoms with E-state index in [1.807, 2.05) is 0 Å². The van der Waals surface area contributed by atoms with Crippen molar-refractivity contribution in [2.45, 2.75) is 30.7 Å². The van der Waals surface area contributed by atoms with Crippen LogP contribution in [0.25, 0.3) is 0 Å². The SMILES string of the molecule is COCCNC(=O)[C@@H]1C[C@@H](O)[C@H](O)[C@@H]2NC(=S)N(c3ccc(F)cc3)[C@@H]21. The molecule has 9 heteroatoms. The Bertz CT molecular complexity index is 674. The van der Waals surface area contributed by atoms with Crippen LogP contribution in [0.15, 0.2) is 24.3 Å². The third-order valence-corrected chi connectivity index (χ3v) is 5.21. The second kappa shape index (κ2) is 7.83. The number of hydrogen-bond acceptors (Lipinski definition) is 5. The summed E-state index contributed by atoms with van der Waals surface area (Å²) >= 11 is 5.38. The fraction of sp³-hybridized carbons (Fsp3) is 0.529. The fourth-order valence-electron chi connectivity index (χ4n) is 3.65. The van der Waals surface area contributed by atoms with Crippen LogP contribution in [0.2, 0.25) is 0 Å². The van der Waals surface area contributed by atoms with Crippen LogP contribution >= 0.6 is 12.2 Å². The van der Waals surface area contributed by atoms with Gasteiger partial charge < -0.3 is 30.5 Å². The minimum absolute atomic E-state index is 0.100. The average Bonchev–Trinajstić information content (AvgIpc) is 2.96. The number of carbonyl (C=O) groups is 1. The largest absolute Gasteiger partial charge is 0.390 e. The van der Waals surface area contributed by atoms with E-state index >= 15 is 0 Å². The van der Waals surface area contributed by atoms with Crippen LogP contribution in [0.1, 0.15) is 6.42 Å². The van der Waals surface area contributed by atoms with Crippen molar-refractivity contribution in [1.29, 1.82) is 0 Å². The fourth-order valence-corrected chi connectivity index (χ4v) is 4.01. The average molecular weight is 383 g/mol. The van der Waals surface area contributed by atoms with Crippen LogP contribution in [-0.2, 0) is 9.53 Å². The van der Waals surface area contributed by atoms with E-state index in [0.717, 1.165) is 0 Å². The number of rotatable bonds is 5. The molecule has 0 aromatic heterocycles. The van der Waals surface area contributed by atoms with E-state index in [-0.39, 0.29) is 18.1 Å². The van der Waals surface area contributed by atoms with E-state index in [4.69, 9.17) is 17.0 Å². The molecule has 1 aromatic rings. The predicted molar refractivity (Wildman–Crippen MR) is 97.2 cm³/mol. The summed E-state index contributed by atoms with van der Waals surface area (Å²) in [5.41, 5.74) is 0.620. The van der Waals surface area contributed by atoms with Gasteiger partial charge in [0.25, 0.3) is 0 Å². The third kappa shape index (κ3) is 3.52. The maximum Gasteiger partial charge on any atom is 0.225 e. The van der Waals surface area contributed by atoms with Gasteiger partial charge in [0.15, 0.2) is 5.11 Å². The van der Waals surface area contributed by atoms with Crippen molar-refractivity contribution in [3.8, 4) is 0 Å². The molecule has 0 spiro atoms. The van der Waals surface area contributed by atoms with Gasteiger partial charge in [-0.1, -0.05) is 0 Å². The van der Waals surface area contributed by atoms with Crippen LogP contribution < -0.4 is 15.5 Å². The van der Waals surface area contributed by atoms with Crippen LogP contribution in [0, 0.1) is 11.7 Å². The summed E-state index contributed by atoms with van der Waals surface area (Å²) in [5.74, 6) is -1.23. The Morgan fingerprint density at radius 1 is 1.42 bits per heavy atom. The van der Waals surface area contributed by atoms with Crippen molar-refractivity contribution in [3.05, 3.63) is 30.1 Å². The molecule has 1 saturated carbocycles. The standard InChI is InChI=1S/C17H22FN3O4S/c1-25-7-6-19-16(24)11-8-12(22)15(23)13-14(11)21(17(26)20-13)10-4-2-9(18)3-5-10/h2-5,11-15,22-23H,6-8H2,1H3,(H,19,24)(H,20,26)/t11-,12-,13-,14-,15+/m1/s1. The van der Waals surface area contributed by atoms with Gasteiger partial charge in [-0.05, 0) is 42.9 Å². The second-order valence-corrected chi connectivity index (χ2v) is 6.88. The van der Waals surface area contributed by atoms with E-state index < -0.39 is 30.2 Å². The summed E-state index contributed by atoms with van der Waals surface area (Å²) in [6.07, 6.45) is -2.01. The van der Waals surface area contributed by atoms with Gasteiger partial charge in [0.05, 0.1) is 30.7 Å². The summed E-state index contributed by atoms with van der Waals surface area (Å²) in [5, 5.41) is 26.7. The molecular weight excluding hydrogens is 361 g/mol. The quantitative estimate of drug-likeness (QED) is 0.412. The lowest BCUT2D eigenvalue weighted by Gasteiger charge is -2.41.